The van der Waals surface area contributed by atoms with Crippen LogP contribution in [0.1, 0.15) is 19.4 Å². The lowest BCUT2D eigenvalue weighted by molar-refractivity contribution is 1.50. The first-order chi connectivity index (χ1) is 6.79. The molecule has 0 saturated heterocycles. The SMILES string of the molecule is C=C/C(C)=C(\C=C/C)c1ccccc1. The third kappa shape index (κ3) is 2.46. The van der Waals surface area contributed by atoms with Gasteiger partial charge in [-0.05, 0) is 30.6 Å². The van der Waals surface area contributed by atoms with E-state index in [2.05, 4.69) is 49.9 Å². The Morgan fingerprint density at radius 1 is 1.21 bits per heavy atom. The van der Waals surface area contributed by atoms with Crippen molar-refractivity contribution in [3.05, 3.63) is 66.3 Å². The van der Waals surface area contributed by atoms with Crippen molar-refractivity contribution in [2.45, 2.75) is 13.8 Å². The van der Waals surface area contributed by atoms with Crippen molar-refractivity contribution in [1.82, 2.24) is 0 Å². The quantitative estimate of drug-likeness (QED) is 0.617. The van der Waals surface area contributed by atoms with Crippen LogP contribution < -0.4 is 0 Å². The summed E-state index contributed by atoms with van der Waals surface area (Å²) in [6, 6.07) is 10.4. The first kappa shape index (κ1) is 10.5. The topological polar surface area (TPSA) is 0 Å². The Labute approximate surface area is 86.3 Å². The van der Waals surface area contributed by atoms with E-state index >= 15 is 0 Å². The van der Waals surface area contributed by atoms with Crippen LogP contribution in [0.5, 0.6) is 0 Å². The molecule has 0 saturated carbocycles. The summed E-state index contributed by atoms with van der Waals surface area (Å²) in [4.78, 5) is 0. The van der Waals surface area contributed by atoms with Crippen LogP contribution in [-0.4, -0.2) is 0 Å². The van der Waals surface area contributed by atoms with Crippen molar-refractivity contribution < 1.29 is 0 Å². The molecular formula is C14H16. The van der Waals surface area contributed by atoms with Gasteiger partial charge in [-0.3, -0.25) is 0 Å². The first-order valence-electron chi connectivity index (χ1n) is 4.81. The maximum Gasteiger partial charge on any atom is -0.0158 e. The zero-order valence-corrected chi connectivity index (χ0v) is 8.83. The maximum atomic E-state index is 3.80. The van der Waals surface area contributed by atoms with Crippen LogP contribution in [0.15, 0.2) is 60.7 Å². The number of benzene rings is 1. The highest BCUT2D eigenvalue weighted by Crippen LogP contribution is 2.20. The van der Waals surface area contributed by atoms with Gasteiger partial charge in [-0.1, -0.05) is 55.1 Å². The molecule has 0 atom stereocenters. The van der Waals surface area contributed by atoms with Gasteiger partial charge in [0, 0.05) is 0 Å². The first-order valence-corrected chi connectivity index (χ1v) is 4.81. The minimum Gasteiger partial charge on any atom is -0.0988 e. The zero-order valence-electron chi connectivity index (χ0n) is 8.83. The number of hydrogen-bond acceptors (Lipinski definition) is 0. The van der Waals surface area contributed by atoms with E-state index < -0.39 is 0 Å². The van der Waals surface area contributed by atoms with Gasteiger partial charge >= 0.3 is 0 Å². The van der Waals surface area contributed by atoms with Crippen LogP contribution in [0.4, 0.5) is 0 Å². The zero-order chi connectivity index (χ0) is 10.4. The molecule has 0 N–H and O–H groups in total. The normalized spacial score (nSPS) is 12.7. The standard InChI is InChI=1S/C14H16/c1-4-9-14(12(3)5-2)13-10-7-6-8-11-13/h4-11H,2H2,1,3H3/b9-4-,14-12+. The molecule has 0 nitrogen and oxygen atoms in total. The molecule has 0 heteroatoms. The van der Waals surface area contributed by atoms with E-state index in [9.17, 15) is 0 Å². The van der Waals surface area contributed by atoms with Gasteiger partial charge in [-0.2, -0.15) is 0 Å². The molecule has 0 aliphatic carbocycles. The van der Waals surface area contributed by atoms with E-state index in [0.717, 1.165) is 0 Å². The Hall–Kier alpha value is -1.56. The average molecular weight is 184 g/mol. The predicted octanol–water partition coefficient (Wildman–Crippen LogP) is 4.22. The largest absolute Gasteiger partial charge is 0.0988 e. The highest BCUT2D eigenvalue weighted by molar-refractivity contribution is 5.77. The summed E-state index contributed by atoms with van der Waals surface area (Å²) in [6.45, 7) is 7.90. The van der Waals surface area contributed by atoms with Crippen molar-refractivity contribution in [2.75, 3.05) is 0 Å². The molecule has 0 spiro atoms. The summed E-state index contributed by atoms with van der Waals surface area (Å²) in [5, 5.41) is 0. The van der Waals surface area contributed by atoms with E-state index in [0.29, 0.717) is 0 Å². The van der Waals surface area contributed by atoms with Crippen molar-refractivity contribution in [3.63, 3.8) is 0 Å². The van der Waals surface area contributed by atoms with Gasteiger partial charge in [0.25, 0.3) is 0 Å². The fourth-order valence-electron chi connectivity index (χ4n) is 1.35. The van der Waals surface area contributed by atoms with Gasteiger partial charge < -0.3 is 0 Å². The molecule has 1 aromatic rings. The lowest BCUT2D eigenvalue weighted by Crippen LogP contribution is -1.83. The molecule has 0 aromatic heterocycles. The van der Waals surface area contributed by atoms with Crippen molar-refractivity contribution in [2.24, 2.45) is 0 Å². The second kappa shape index (κ2) is 5.23. The van der Waals surface area contributed by atoms with Crippen LogP contribution in [0, 0.1) is 0 Å². The summed E-state index contributed by atoms with van der Waals surface area (Å²) in [7, 11) is 0. The summed E-state index contributed by atoms with van der Waals surface area (Å²) in [6.07, 6.45) is 6.06. The van der Waals surface area contributed by atoms with Crippen LogP contribution in [-0.2, 0) is 0 Å². The third-order valence-corrected chi connectivity index (χ3v) is 2.15. The highest BCUT2D eigenvalue weighted by Gasteiger charge is 1.98. The second-order valence-electron chi connectivity index (χ2n) is 3.17. The number of rotatable bonds is 3. The molecule has 0 heterocycles. The smallest absolute Gasteiger partial charge is 0.0158 e. The number of allylic oxidation sites excluding steroid dienone is 5. The van der Waals surface area contributed by atoms with Crippen molar-refractivity contribution >= 4 is 5.57 Å². The van der Waals surface area contributed by atoms with Crippen LogP contribution in [0.3, 0.4) is 0 Å². The van der Waals surface area contributed by atoms with E-state index in [1.165, 1.54) is 16.7 Å². The van der Waals surface area contributed by atoms with Gasteiger partial charge in [0.05, 0.1) is 0 Å². The molecule has 0 bridgehead atoms. The molecule has 0 radical (unpaired) electrons. The van der Waals surface area contributed by atoms with Gasteiger partial charge in [-0.15, -0.1) is 0 Å². The summed E-state index contributed by atoms with van der Waals surface area (Å²) >= 11 is 0. The van der Waals surface area contributed by atoms with Gasteiger partial charge in [-0.25, -0.2) is 0 Å². The monoisotopic (exact) mass is 184 g/mol. The third-order valence-electron chi connectivity index (χ3n) is 2.15. The van der Waals surface area contributed by atoms with E-state index in [1.54, 1.807) is 0 Å². The Morgan fingerprint density at radius 2 is 1.86 bits per heavy atom. The Kier molecular flexibility index (Phi) is 3.93. The minimum absolute atomic E-state index is 1.20. The van der Waals surface area contributed by atoms with E-state index in [-0.39, 0.29) is 0 Å². The van der Waals surface area contributed by atoms with Gasteiger partial charge in [0.15, 0.2) is 0 Å². The Balaban J connectivity index is 3.20. The maximum absolute atomic E-state index is 3.80. The fourth-order valence-corrected chi connectivity index (χ4v) is 1.35. The molecular weight excluding hydrogens is 168 g/mol. The fraction of sp³-hybridized carbons (Fsp3) is 0.143. The van der Waals surface area contributed by atoms with Crippen molar-refractivity contribution in [3.8, 4) is 0 Å². The lowest BCUT2D eigenvalue weighted by atomic mass is 10.0. The second-order valence-corrected chi connectivity index (χ2v) is 3.17. The number of hydrogen-bond donors (Lipinski definition) is 0. The molecule has 0 aliphatic heterocycles. The highest BCUT2D eigenvalue weighted by atomic mass is 14.0. The average Bonchev–Trinajstić information content (AvgIpc) is 2.26. The summed E-state index contributed by atoms with van der Waals surface area (Å²) < 4.78 is 0. The molecule has 0 fully saturated rings. The molecule has 0 aliphatic rings. The molecule has 1 aromatic carbocycles. The Bertz CT molecular complexity index is 353. The molecule has 14 heavy (non-hydrogen) atoms. The molecule has 1 rings (SSSR count). The Morgan fingerprint density at radius 3 is 2.36 bits per heavy atom. The molecule has 0 unspecified atom stereocenters. The summed E-state index contributed by atoms with van der Waals surface area (Å²) in [5.74, 6) is 0. The van der Waals surface area contributed by atoms with Crippen molar-refractivity contribution in [1.29, 1.82) is 0 Å². The minimum atomic E-state index is 1.20. The lowest BCUT2D eigenvalue weighted by Gasteiger charge is -2.05. The van der Waals surface area contributed by atoms with Gasteiger partial charge in [0.1, 0.15) is 0 Å². The molecule has 0 amide bonds. The van der Waals surface area contributed by atoms with Crippen LogP contribution in [0.25, 0.3) is 5.57 Å². The van der Waals surface area contributed by atoms with Crippen LogP contribution >= 0.6 is 0 Å². The van der Waals surface area contributed by atoms with Gasteiger partial charge in [0.2, 0.25) is 0 Å². The van der Waals surface area contributed by atoms with E-state index in [4.69, 9.17) is 0 Å². The predicted molar refractivity (Wildman–Crippen MR) is 64.0 cm³/mol. The van der Waals surface area contributed by atoms with E-state index in [1.807, 2.05) is 19.1 Å². The molecule has 72 valence electrons. The van der Waals surface area contributed by atoms with Crippen LogP contribution in [0.2, 0.25) is 0 Å². The summed E-state index contributed by atoms with van der Waals surface area (Å²) in [5.41, 5.74) is 3.68.